The van der Waals surface area contributed by atoms with Crippen molar-refractivity contribution in [2.45, 2.75) is 13.8 Å². The van der Waals surface area contributed by atoms with E-state index in [0.29, 0.717) is 28.1 Å². The predicted molar refractivity (Wildman–Crippen MR) is 105 cm³/mol. The highest BCUT2D eigenvalue weighted by Crippen LogP contribution is 2.28. The summed E-state index contributed by atoms with van der Waals surface area (Å²) in [6.07, 6.45) is 1.45. The van der Waals surface area contributed by atoms with Gasteiger partial charge in [0.05, 0.1) is 16.8 Å². The van der Waals surface area contributed by atoms with Crippen LogP contribution >= 0.6 is 15.9 Å². The first-order valence-corrected chi connectivity index (χ1v) is 9.10. The maximum absolute atomic E-state index is 12.8. The summed E-state index contributed by atoms with van der Waals surface area (Å²) in [5, 5.41) is 2.21. The Morgan fingerprint density at radius 1 is 1.11 bits per heavy atom. The number of urea groups is 1. The second-order valence-electron chi connectivity index (χ2n) is 5.92. The summed E-state index contributed by atoms with van der Waals surface area (Å²) >= 11 is 3.40. The molecule has 1 saturated heterocycles. The second-order valence-corrected chi connectivity index (χ2v) is 6.77. The second kappa shape index (κ2) is 7.75. The highest BCUT2D eigenvalue weighted by Gasteiger charge is 2.36. The van der Waals surface area contributed by atoms with Crippen LogP contribution in [0.5, 0.6) is 5.75 Å². The van der Waals surface area contributed by atoms with E-state index in [1.807, 2.05) is 13.8 Å². The van der Waals surface area contributed by atoms with Gasteiger partial charge in [0.2, 0.25) is 0 Å². The molecule has 0 radical (unpaired) electrons. The smallest absolute Gasteiger partial charge is 0.335 e. The van der Waals surface area contributed by atoms with Crippen molar-refractivity contribution in [2.24, 2.45) is 0 Å². The Kier molecular flexibility index (Phi) is 5.41. The van der Waals surface area contributed by atoms with Crippen molar-refractivity contribution in [1.82, 2.24) is 5.32 Å². The molecule has 1 heterocycles. The lowest BCUT2D eigenvalue weighted by Crippen LogP contribution is -2.54. The zero-order chi connectivity index (χ0) is 19.6. The van der Waals surface area contributed by atoms with Crippen LogP contribution in [0.15, 0.2) is 52.5 Å². The number of halogens is 1. The molecule has 3 rings (SSSR count). The van der Waals surface area contributed by atoms with E-state index in [4.69, 9.17) is 4.74 Å². The lowest BCUT2D eigenvalue weighted by molar-refractivity contribution is -0.122. The van der Waals surface area contributed by atoms with Gasteiger partial charge in [-0.3, -0.25) is 14.9 Å². The number of barbiturate groups is 1. The first-order chi connectivity index (χ1) is 12.9. The number of hydrogen-bond donors (Lipinski definition) is 1. The number of ether oxygens (including phenoxy) is 1. The molecule has 0 bridgehead atoms. The van der Waals surface area contributed by atoms with Crippen molar-refractivity contribution >= 4 is 45.5 Å². The van der Waals surface area contributed by atoms with Gasteiger partial charge in [-0.1, -0.05) is 23.8 Å². The molecule has 2 aromatic rings. The Morgan fingerprint density at radius 3 is 2.44 bits per heavy atom. The molecule has 0 aromatic heterocycles. The Hall–Kier alpha value is -2.93. The number of carbonyl (C=O) groups excluding carboxylic acids is 3. The van der Waals surface area contributed by atoms with Gasteiger partial charge in [-0.2, -0.15) is 0 Å². The van der Waals surface area contributed by atoms with Crippen molar-refractivity contribution in [3.63, 3.8) is 0 Å². The zero-order valence-electron chi connectivity index (χ0n) is 14.8. The van der Waals surface area contributed by atoms with E-state index < -0.39 is 17.8 Å². The Bertz CT molecular complexity index is 951. The molecule has 27 heavy (non-hydrogen) atoms. The van der Waals surface area contributed by atoms with Crippen LogP contribution in [0.3, 0.4) is 0 Å². The van der Waals surface area contributed by atoms with Crippen molar-refractivity contribution < 1.29 is 19.1 Å². The molecule has 4 amide bonds. The van der Waals surface area contributed by atoms with Gasteiger partial charge >= 0.3 is 6.03 Å². The number of nitrogens with one attached hydrogen (secondary N) is 1. The summed E-state index contributed by atoms with van der Waals surface area (Å²) in [7, 11) is 0. The van der Waals surface area contributed by atoms with Crippen molar-refractivity contribution in [3.05, 3.63) is 63.6 Å². The van der Waals surface area contributed by atoms with E-state index >= 15 is 0 Å². The van der Waals surface area contributed by atoms with Crippen molar-refractivity contribution in [1.29, 1.82) is 0 Å². The van der Waals surface area contributed by atoms with E-state index in [2.05, 4.69) is 21.2 Å². The van der Waals surface area contributed by atoms with Crippen LogP contribution in [0, 0.1) is 6.92 Å². The number of anilines is 1. The van der Waals surface area contributed by atoms with E-state index in [1.54, 1.807) is 42.5 Å². The fraction of sp³-hybridized carbons (Fsp3) is 0.150. The van der Waals surface area contributed by atoms with Crippen LogP contribution in [0.25, 0.3) is 6.08 Å². The van der Waals surface area contributed by atoms with Crippen molar-refractivity contribution in [2.75, 3.05) is 11.5 Å². The summed E-state index contributed by atoms with van der Waals surface area (Å²) in [4.78, 5) is 38.2. The molecule has 0 aliphatic carbocycles. The molecule has 1 fully saturated rings. The largest absolute Gasteiger partial charge is 0.493 e. The lowest BCUT2D eigenvalue weighted by Gasteiger charge is -2.26. The number of carbonyl (C=O) groups is 3. The summed E-state index contributed by atoms with van der Waals surface area (Å²) in [5.41, 5.74) is 1.90. The van der Waals surface area contributed by atoms with E-state index in [0.717, 1.165) is 10.5 Å². The number of rotatable bonds is 4. The van der Waals surface area contributed by atoms with E-state index in [1.165, 1.54) is 6.08 Å². The molecule has 0 saturated carbocycles. The molecule has 0 atom stereocenters. The minimum absolute atomic E-state index is 0.119. The van der Waals surface area contributed by atoms with Crippen LogP contribution in [0.2, 0.25) is 0 Å². The normalized spacial score (nSPS) is 15.9. The molecule has 2 aromatic carbocycles. The Labute approximate surface area is 164 Å². The molecule has 1 aliphatic rings. The average molecular weight is 429 g/mol. The molecule has 0 unspecified atom stereocenters. The predicted octanol–water partition coefficient (Wildman–Crippen LogP) is 3.82. The van der Waals surface area contributed by atoms with Crippen LogP contribution in [-0.2, 0) is 9.59 Å². The maximum Gasteiger partial charge on any atom is 0.335 e. The number of hydrogen-bond acceptors (Lipinski definition) is 4. The molecule has 7 heteroatoms. The summed E-state index contributed by atoms with van der Waals surface area (Å²) in [6.45, 7) is 4.30. The highest BCUT2D eigenvalue weighted by atomic mass is 79.9. The molecular formula is C20H17BrN2O4. The van der Waals surface area contributed by atoms with Gasteiger partial charge in [0.1, 0.15) is 11.3 Å². The number of nitrogens with zero attached hydrogens (tertiary/aromatic N) is 1. The van der Waals surface area contributed by atoms with Crippen LogP contribution < -0.4 is 15.0 Å². The molecule has 1 N–H and O–H groups in total. The van der Waals surface area contributed by atoms with Gasteiger partial charge in [-0.25, -0.2) is 9.69 Å². The molecule has 6 nitrogen and oxygen atoms in total. The Balaban J connectivity index is 1.96. The SMILES string of the molecule is CCOc1ccc(/C=C2/C(=O)NC(=O)N(c3ccc(C)cc3)C2=O)cc1Br. The van der Waals surface area contributed by atoms with Crippen LogP contribution in [-0.4, -0.2) is 24.5 Å². The Morgan fingerprint density at radius 2 is 1.81 bits per heavy atom. The number of benzene rings is 2. The minimum atomic E-state index is -0.765. The molecule has 138 valence electrons. The fourth-order valence-electron chi connectivity index (χ4n) is 2.63. The van der Waals surface area contributed by atoms with E-state index in [9.17, 15) is 14.4 Å². The van der Waals surface area contributed by atoms with Gasteiger partial charge in [0.25, 0.3) is 11.8 Å². The summed E-state index contributed by atoms with van der Waals surface area (Å²) < 4.78 is 6.16. The quantitative estimate of drug-likeness (QED) is 0.592. The van der Waals surface area contributed by atoms with Crippen LogP contribution in [0.4, 0.5) is 10.5 Å². The van der Waals surface area contributed by atoms with Gasteiger partial charge in [0.15, 0.2) is 0 Å². The van der Waals surface area contributed by atoms with Gasteiger partial charge in [-0.15, -0.1) is 0 Å². The van der Waals surface area contributed by atoms with Gasteiger partial charge in [0, 0.05) is 0 Å². The summed E-state index contributed by atoms with van der Waals surface area (Å²) in [5.74, 6) is -0.730. The van der Waals surface area contributed by atoms with Gasteiger partial charge in [-0.05, 0) is 65.7 Å². The molecular weight excluding hydrogens is 412 g/mol. The third-order valence-corrected chi connectivity index (χ3v) is 4.58. The maximum atomic E-state index is 12.8. The fourth-order valence-corrected chi connectivity index (χ4v) is 3.14. The number of imide groups is 2. The number of aryl methyl sites for hydroxylation is 1. The topological polar surface area (TPSA) is 75.7 Å². The van der Waals surface area contributed by atoms with E-state index in [-0.39, 0.29) is 5.57 Å². The highest BCUT2D eigenvalue weighted by molar-refractivity contribution is 9.10. The molecule has 0 spiro atoms. The van der Waals surface area contributed by atoms with Crippen LogP contribution in [0.1, 0.15) is 18.1 Å². The zero-order valence-corrected chi connectivity index (χ0v) is 16.4. The average Bonchev–Trinajstić information content (AvgIpc) is 2.62. The standard InChI is InChI=1S/C20H17BrN2O4/c1-3-27-17-9-6-13(11-16(17)21)10-15-18(24)22-20(26)23(19(15)25)14-7-4-12(2)5-8-14/h4-11H,3H2,1-2H3,(H,22,24,26)/b15-10-. The third-order valence-electron chi connectivity index (χ3n) is 3.96. The lowest BCUT2D eigenvalue weighted by atomic mass is 10.1. The monoisotopic (exact) mass is 428 g/mol. The first-order valence-electron chi connectivity index (χ1n) is 8.31. The molecule has 1 aliphatic heterocycles. The minimum Gasteiger partial charge on any atom is -0.493 e. The van der Waals surface area contributed by atoms with Crippen molar-refractivity contribution in [3.8, 4) is 5.75 Å². The summed E-state index contributed by atoms with van der Waals surface area (Å²) in [6, 6.07) is 11.4. The van der Waals surface area contributed by atoms with Gasteiger partial charge < -0.3 is 4.74 Å². The first kappa shape index (κ1) is 18.8. The third kappa shape index (κ3) is 3.93. The number of amides is 4.